The molecule has 1 aliphatic heterocycles. The van der Waals surface area contributed by atoms with Crippen LogP contribution in [0.4, 0.5) is 0 Å². The summed E-state index contributed by atoms with van der Waals surface area (Å²) in [6.07, 6.45) is 3.24. The molecule has 0 radical (unpaired) electrons. The van der Waals surface area contributed by atoms with Crippen molar-refractivity contribution in [1.29, 1.82) is 0 Å². The summed E-state index contributed by atoms with van der Waals surface area (Å²) in [5.41, 5.74) is 1.31. The molecule has 1 heterocycles. The van der Waals surface area contributed by atoms with Crippen molar-refractivity contribution in [2.24, 2.45) is 0 Å². The van der Waals surface area contributed by atoms with Crippen LogP contribution in [0.25, 0.3) is 6.08 Å². The van der Waals surface area contributed by atoms with Gasteiger partial charge in [0, 0.05) is 16.9 Å². The summed E-state index contributed by atoms with van der Waals surface area (Å²) >= 11 is 4.36. The Balaban J connectivity index is 2.45. The number of benzene rings is 1. The summed E-state index contributed by atoms with van der Waals surface area (Å²) in [4.78, 5) is 22.5. The molecule has 6 heteroatoms. The normalized spacial score (nSPS) is 19.7. The molecule has 0 aromatic heterocycles. The van der Waals surface area contributed by atoms with E-state index in [2.05, 4.69) is 12.6 Å². The number of carbonyl (C=O) groups excluding carboxylic acids is 2. The first-order valence-corrected chi connectivity index (χ1v) is 8.09. The highest BCUT2D eigenvalue weighted by Gasteiger charge is 2.52. The van der Waals surface area contributed by atoms with Crippen molar-refractivity contribution >= 4 is 38.4 Å². The molecule has 0 aliphatic carbocycles. The fourth-order valence-corrected chi connectivity index (χ4v) is 2.58. The van der Waals surface area contributed by atoms with Crippen LogP contribution in [0.2, 0.25) is 0 Å². The van der Waals surface area contributed by atoms with E-state index < -0.39 is 18.3 Å². The van der Waals surface area contributed by atoms with Crippen LogP contribution in [0.5, 0.6) is 0 Å². The molecular formula is C17H21BO4S. The minimum Gasteiger partial charge on any atom is -0.400 e. The first-order valence-electron chi connectivity index (χ1n) is 7.46. The summed E-state index contributed by atoms with van der Waals surface area (Å²) in [7, 11) is -0.559. The van der Waals surface area contributed by atoms with Crippen molar-refractivity contribution in [1.82, 2.24) is 0 Å². The molecule has 0 unspecified atom stereocenters. The monoisotopic (exact) mass is 332 g/mol. The zero-order valence-electron chi connectivity index (χ0n) is 13.8. The van der Waals surface area contributed by atoms with Crippen LogP contribution >= 0.6 is 12.6 Å². The Morgan fingerprint density at radius 2 is 1.57 bits per heavy atom. The van der Waals surface area contributed by atoms with Gasteiger partial charge >= 0.3 is 7.12 Å². The lowest BCUT2D eigenvalue weighted by Crippen LogP contribution is -2.41. The molecule has 0 amide bonds. The van der Waals surface area contributed by atoms with E-state index >= 15 is 0 Å². The minimum absolute atomic E-state index is 0.391. The summed E-state index contributed by atoms with van der Waals surface area (Å²) in [5, 5.41) is 0. The smallest absolute Gasteiger partial charge is 0.400 e. The largest absolute Gasteiger partial charge is 0.491 e. The summed E-state index contributed by atoms with van der Waals surface area (Å²) < 4.78 is 12.0. The molecular weight excluding hydrogens is 311 g/mol. The van der Waals surface area contributed by atoms with E-state index in [-0.39, 0.29) is 0 Å². The van der Waals surface area contributed by atoms with Crippen molar-refractivity contribution in [3.05, 3.63) is 40.4 Å². The SMILES string of the molecule is CC1(C)OB(C(=Cc2c(C=O)cccc2C=O)CS)OC1(C)C. The Morgan fingerprint density at radius 3 is 1.96 bits per heavy atom. The Bertz CT molecular complexity index is 610. The lowest BCUT2D eigenvalue weighted by Gasteiger charge is -2.32. The fourth-order valence-electron chi connectivity index (χ4n) is 2.34. The number of aldehydes is 2. The first kappa shape index (κ1) is 18.0. The molecule has 0 saturated carbocycles. The van der Waals surface area contributed by atoms with Gasteiger partial charge in [-0.25, -0.2) is 0 Å². The topological polar surface area (TPSA) is 52.6 Å². The van der Waals surface area contributed by atoms with Gasteiger partial charge in [-0.2, -0.15) is 12.6 Å². The third-order valence-corrected chi connectivity index (χ3v) is 4.86. The molecule has 4 nitrogen and oxygen atoms in total. The van der Waals surface area contributed by atoms with Crippen molar-refractivity contribution in [3.8, 4) is 0 Å². The van der Waals surface area contributed by atoms with Crippen molar-refractivity contribution in [2.75, 3.05) is 5.75 Å². The van der Waals surface area contributed by atoms with E-state index in [0.717, 1.165) is 18.0 Å². The highest BCUT2D eigenvalue weighted by Crippen LogP contribution is 2.39. The van der Waals surface area contributed by atoms with Gasteiger partial charge in [0.05, 0.1) is 11.2 Å². The Kier molecular flexibility index (Phi) is 5.18. The van der Waals surface area contributed by atoms with E-state index in [1.165, 1.54) is 0 Å². The molecule has 0 N–H and O–H groups in total. The van der Waals surface area contributed by atoms with E-state index in [1.807, 2.05) is 27.7 Å². The molecule has 1 aromatic carbocycles. The van der Waals surface area contributed by atoms with Gasteiger partial charge in [0.15, 0.2) is 12.6 Å². The van der Waals surface area contributed by atoms with E-state index in [0.29, 0.717) is 22.4 Å². The Hall–Kier alpha value is -1.37. The molecule has 1 fully saturated rings. The highest BCUT2D eigenvalue weighted by atomic mass is 32.1. The quantitative estimate of drug-likeness (QED) is 0.511. The van der Waals surface area contributed by atoms with Gasteiger partial charge in [-0.05, 0) is 38.7 Å². The number of hydrogen-bond acceptors (Lipinski definition) is 5. The van der Waals surface area contributed by atoms with Crippen molar-refractivity contribution < 1.29 is 18.9 Å². The molecule has 0 atom stereocenters. The van der Waals surface area contributed by atoms with Gasteiger partial charge in [-0.15, -0.1) is 0 Å². The third-order valence-electron chi connectivity index (χ3n) is 4.50. The third kappa shape index (κ3) is 3.44. The predicted octanol–water partition coefficient (Wildman–Crippen LogP) is 3.26. The van der Waals surface area contributed by atoms with Gasteiger partial charge < -0.3 is 9.31 Å². The van der Waals surface area contributed by atoms with Crippen LogP contribution in [0.1, 0.15) is 54.0 Å². The fraction of sp³-hybridized carbons (Fsp3) is 0.412. The molecule has 23 heavy (non-hydrogen) atoms. The minimum atomic E-state index is -0.559. The van der Waals surface area contributed by atoms with Crippen molar-refractivity contribution in [3.63, 3.8) is 0 Å². The summed E-state index contributed by atoms with van der Waals surface area (Å²) in [6.45, 7) is 7.89. The van der Waals surface area contributed by atoms with Crippen LogP contribution in [0.3, 0.4) is 0 Å². The highest BCUT2D eigenvalue weighted by molar-refractivity contribution is 7.80. The Labute approximate surface area is 142 Å². The summed E-state index contributed by atoms with van der Waals surface area (Å²) in [6, 6.07) is 5.03. The first-order chi connectivity index (χ1) is 10.8. The number of rotatable bonds is 5. The zero-order valence-corrected chi connectivity index (χ0v) is 14.7. The second kappa shape index (κ2) is 6.63. The van der Waals surface area contributed by atoms with Crippen LogP contribution in [0.15, 0.2) is 23.7 Å². The molecule has 0 bridgehead atoms. The second-order valence-electron chi connectivity index (χ2n) is 6.55. The lowest BCUT2D eigenvalue weighted by atomic mass is 9.77. The maximum absolute atomic E-state index is 11.3. The van der Waals surface area contributed by atoms with Crippen LogP contribution in [-0.2, 0) is 9.31 Å². The van der Waals surface area contributed by atoms with Gasteiger partial charge in [0.2, 0.25) is 0 Å². The van der Waals surface area contributed by atoms with Gasteiger partial charge in [0.1, 0.15) is 0 Å². The number of thiol groups is 1. The molecule has 0 spiro atoms. The maximum atomic E-state index is 11.3. The average molecular weight is 332 g/mol. The zero-order chi connectivity index (χ0) is 17.3. The molecule has 1 aliphatic rings. The van der Waals surface area contributed by atoms with Crippen LogP contribution in [0, 0.1) is 0 Å². The molecule has 2 rings (SSSR count). The van der Waals surface area contributed by atoms with E-state index in [4.69, 9.17) is 9.31 Å². The standard InChI is InChI=1S/C17H21BO4S/c1-16(2)17(3,4)22-18(21-16)14(11-23)8-15-12(9-19)6-5-7-13(15)10-20/h5-10,23H,11H2,1-4H3. The van der Waals surface area contributed by atoms with Gasteiger partial charge in [-0.1, -0.05) is 24.3 Å². The van der Waals surface area contributed by atoms with Crippen LogP contribution < -0.4 is 0 Å². The van der Waals surface area contributed by atoms with Crippen LogP contribution in [-0.4, -0.2) is 36.6 Å². The summed E-state index contributed by atoms with van der Waals surface area (Å²) in [5.74, 6) is 0.391. The lowest BCUT2D eigenvalue weighted by molar-refractivity contribution is 0.00578. The van der Waals surface area contributed by atoms with Gasteiger partial charge in [0.25, 0.3) is 0 Å². The number of carbonyl (C=O) groups is 2. The van der Waals surface area contributed by atoms with Gasteiger partial charge in [-0.3, -0.25) is 9.59 Å². The maximum Gasteiger partial charge on any atom is 0.491 e. The molecule has 1 saturated heterocycles. The average Bonchev–Trinajstić information content (AvgIpc) is 2.72. The molecule has 1 aromatic rings. The molecule has 122 valence electrons. The Morgan fingerprint density at radius 1 is 1.09 bits per heavy atom. The van der Waals surface area contributed by atoms with E-state index in [9.17, 15) is 9.59 Å². The predicted molar refractivity (Wildman–Crippen MR) is 95.1 cm³/mol. The van der Waals surface area contributed by atoms with E-state index in [1.54, 1.807) is 24.3 Å². The number of hydrogen-bond donors (Lipinski definition) is 1. The second-order valence-corrected chi connectivity index (χ2v) is 6.87. The van der Waals surface area contributed by atoms with Crippen molar-refractivity contribution in [2.45, 2.75) is 38.9 Å².